The van der Waals surface area contributed by atoms with Gasteiger partial charge < -0.3 is 19.3 Å². The quantitative estimate of drug-likeness (QED) is 0.488. The fraction of sp³-hybridized carbons (Fsp3) is 0.708. The SMILES string of the molecule is Cc1cc(Br)ccc1S(=O)(=O)N1CCOCC1COCC(=O)N1CCN(C2CCN(C)CC2)CC1. The van der Waals surface area contributed by atoms with E-state index in [-0.39, 0.29) is 37.2 Å². The van der Waals surface area contributed by atoms with Crippen LogP contribution >= 0.6 is 15.9 Å². The van der Waals surface area contributed by atoms with E-state index in [1.54, 1.807) is 25.1 Å². The molecule has 1 atom stereocenters. The highest BCUT2D eigenvalue weighted by Crippen LogP contribution is 2.26. The maximum atomic E-state index is 13.4. The number of sulfonamides is 1. The van der Waals surface area contributed by atoms with E-state index in [2.05, 4.69) is 32.8 Å². The van der Waals surface area contributed by atoms with E-state index in [4.69, 9.17) is 9.47 Å². The highest BCUT2D eigenvalue weighted by Gasteiger charge is 2.35. The number of morpholine rings is 1. The van der Waals surface area contributed by atoms with Gasteiger partial charge in [-0.25, -0.2) is 8.42 Å². The minimum absolute atomic E-state index is 0.0390. The molecule has 0 aliphatic carbocycles. The Morgan fingerprint density at radius 3 is 2.51 bits per heavy atom. The zero-order chi connectivity index (χ0) is 25.0. The molecule has 9 nitrogen and oxygen atoms in total. The van der Waals surface area contributed by atoms with Gasteiger partial charge in [-0.15, -0.1) is 0 Å². The first-order valence-electron chi connectivity index (χ1n) is 12.4. The van der Waals surface area contributed by atoms with E-state index in [9.17, 15) is 13.2 Å². The number of carbonyl (C=O) groups is 1. The molecule has 0 saturated carbocycles. The molecule has 0 spiro atoms. The van der Waals surface area contributed by atoms with Gasteiger partial charge in [0.05, 0.1) is 30.8 Å². The van der Waals surface area contributed by atoms with E-state index < -0.39 is 16.1 Å². The second-order valence-electron chi connectivity index (χ2n) is 9.72. The van der Waals surface area contributed by atoms with Crippen molar-refractivity contribution in [3.8, 4) is 0 Å². The average Bonchev–Trinajstić information content (AvgIpc) is 2.84. The van der Waals surface area contributed by atoms with Crippen LogP contribution < -0.4 is 0 Å². The maximum Gasteiger partial charge on any atom is 0.248 e. The Bertz CT molecular complexity index is 978. The summed E-state index contributed by atoms with van der Waals surface area (Å²) in [7, 11) is -1.53. The first-order valence-corrected chi connectivity index (χ1v) is 14.6. The van der Waals surface area contributed by atoms with Crippen molar-refractivity contribution in [2.75, 3.05) is 79.3 Å². The van der Waals surface area contributed by atoms with Crippen molar-refractivity contribution in [2.45, 2.75) is 36.7 Å². The lowest BCUT2D eigenvalue weighted by molar-refractivity contribution is -0.139. The zero-order valence-electron chi connectivity index (χ0n) is 20.7. The second-order valence-corrected chi connectivity index (χ2v) is 12.5. The molecule has 1 aromatic rings. The Morgan fingerprint density at radius 1 is 1.11 bits per heavy atom. The van der Waals surface area contributed by atoms with Crippen LogP contribution in [0.4, 0.5) is 0 Å². The van der Waals surface area contributed by atoms with Crippen LogP contribution in [-0.4, -0.2) is 125 Å². The van der Waals surface area contributed by atoms with Gasteiger partial charge in [0.15, 0.2) is 0 Å². The summed E-state index contributed by atoms with van der Waals surface area (Å²) < 4.78 is 40.3. The van der Waals surface area contributed by atoms with Crippen molar-refractivity contribution in [3.05, 3.63) is 28.2 Å². The molecule has 196 valence electrons. The van der Waals surface area contributed by atoms with Crippen LogP contribution in [0.1, 0.15) is 18.4 Å². The van der Waals surface area contributed by atoms with Gasteiger partial charge in [0.2, 0.25) is 15.9 Å². The number of nitrogens with zero attached hydrogens (tertiary/aromatic N) is 4. The number of amides is 1. The van der Waals surface area contributed by atoms with E-state index in [1.165, 1.54) is 17.1 Å². The fourth-order valence-electron chi connectivity index (χ4n) is 5.19. The predicted octanol–water partition coefficient (Wildman–Crippen LogP) is 1.40. The van der Waals surface area contributed by atoms with Crippen molar-refractivity contribution in [3.63, 3.8) is 0 Å². The van der Waals surface area contributed by atoms with Crippen LogP contribution in [0.2, 0.25) is 0 Å². The highest BCUT2D eigenvalue weighted by molar-refractivity contribution is 9.10. The number of rotatable bonds is 7. The van der Waals surface area contributed by atoms with Crippen LogP contribution in [-0.2, 0) is 24.3 Å². The number of halogens is 1. The highest BCUT2D eigenvalue weighted by atomic mass is 79.9. The Kier molecular flexibility index (Phi) is 9.23. The molecule has 3 aliphatic heterocycles. The van der Waals surface area contributed by atoms with E-state index in [0.29, 0.717) is 31.3 Å². The Labute approximate surface area is 217 Å². The van der Waals surface area contributed by atoms with Crippen molar-refractivity contribution in [2.24, 2.45) is 0 Å². The summed E-state index contributed by atoms with van der Waals surface area (Å²) in [5, 5.41) is 0. The van der Waals surface area contributed by atoms with Crippen molar-refractivity contribution in [1.29, 1.82) is 0 Å². The lowest BCUT2D eigenvalue weighted by Crippen LogP contribution is -2.54. The number of piperazine rings is 1. The topological polar surface area (TPSA) is 82.6 Å². The van der Waals surface area contributed by atoms with Gasteiger partial charge in [-0.1, -0.05) is 15.9 Å². The molecule has 1 aromatic carbocycles. The summed E-state index contributed by atoms with van der Waals surface area (Å²) in [6.07, 6.45) is 2.38. The van der Waals surface area contributed by atoms with E-state index >= 15 is 0 Å². The number of hydrogen-bond donors (Lipinski definition) is 0. The molecule has 4 rings (SSSR count). The van der Waals surface area contributed by atoms with Gasteiger partial charge in [-0.3, -0.25) is 9.69 Å². The molecule has 1 amide bonds. The standard InChI is InChI=1S/C24H37BrN4O5S/c1-19-15-20(25)3-4-23(19)35(31,32)29-13-14-33-16-22(29)17-34-18-24(30)28-11-9-27(10-12-28)21-5-7-26(2)8-6-21/h3-4,15,21-22H,5-14,16-18H2,1-2H3. The third-order valence-corrected chi connectivity index (χ3v) is 9.91. The van der Waals surface area contributed by atoms with Crippen LogP contribution in [0.3, 0.4) is 0 Å². The lowest BCUT2D eigenvalue weighted by Gasteiger charge is -2.42. The number of likely N-dealkylation sites (tertiary alicyclic amines) is 1. The number of piperidine rings is 1. The first-order chi connectivity index (χ1) is 16.8. The van der Waals surface area contributed by atoms with Gasteiger partial charge in [0.25, 0.3) is 0 Å². The molecular weight excluding hydrogens is 536 g/mol. The Balaban J connectivity index is 1.26. The lowest BCUT2D eigenvalue weighted by atomic mass is 10.0. The van der Waals surface area contributed by atoms with Crippen LogP contribution in [0.5, 0.6) is 0 Å². The van der Waals surface area contributed by atoms with Crippen LogP contribution in [0, 0.1) is 6.92 Å². The fourth-order valence-corrected chi connectivity index (χ4v) is 7.45. The van der Waals surface area contributed by atoms with Gasteiger partial charge in [0, 0.05) is 43.2 Å². The van der Waals surface area contributed by atoms with Crippen molar-refractivity contribution in [1.82, 2.24) is 19.0 Å². The molecule has 0 N–H and O–H groups in total. The third kappa shape index (κ3) is 6.63. The molecule has 0 bridgehead atoms. The van der Waals surface area contributed by atoms with E-state index in [1.807, 2.05) is 4.90 Å². The summed E-state index contributed by atoms with van der Waals surface area (Å²) in [4.78, 5) is 19.8. The number of benzene rings is 1. The van der Waals surface area contributed by atoms with Crippen molar-refractivity contribution >= 4 is 31.9 Å². The molecular formula is C24H37BrN4O5S. The van der Waals surface area contributed by atoms with Crippen LogP contribution in [0.15, 0.2) is 27.6 Å². The normalized spacial score (nSPS) is 24.1. The zero-order valence-corrected chi connectivity index (χ0v) is 23.1. The smallest absolute Gasteiger partial charge is 0.248 e. The number of aryl methyl sites for hydroxylation is 1. The van der Waals surface area contributed by atoms with Gasteiger partial charge in [0.1, 0.15) is 6.61 Å². The van der Waals surface area contributed by atoms with Crippen LogP contribution in [0.25, 0.3) is 0 Å². The molecule has 35 heavy (non-hydrogen) atoms. The first kappa shape index (κ1) is 27.0. The summed E-state index contributed by atoms with van der Waals surface area (Å²) in [5.41, 5.74) is 0.681. The average molecular weight is 574 g/mol. The Morgan fingerprint density at radius 2 is 1.83 bits per heavy atom. The number of ether oxygens (including phenoxy) is 2. The molecule has 11 heteroatoms. The maximum absolute atomic E-state index is 13.4. The predicted molar refractivity (Wildman–Crippen MR) is 137 cm³/mol. The molecule has 3 heterocycles. The molecule has 1 unspecified atom stereocenters. The monoisotopic (exact) mass is 572 g/mol. The number of hydrogen-bond acceptors (Lipinski definition) is 7. The van der Waals surface area contributed by atoms with Gasteiger partial charge >= 0.3 is 0 Å². The molecule has 3 saturated heterocycles. The number of carbonyl (C=O) groups excluding carboxylic acids is 1. The van der Waals surface area contributed by atoms with Gasteiger partial charge in [-0.05, 0) is 63.7 Å². The summed E-state index contributed by atoms with van der Waals surface area (Å²) in [6, 6.07) is 5.30. The third-order valence-electron chi connectivity index (χ3n) is 7.30. The molecule has 3 aliphatic rings. The molecule has 3 fully saturated rings. The van der Waals surface area contributed by atoms with Crippen molar-refractivity contribution < 1.29 is 22.7 Å². The molecule has 0 aromatic heterocycles. The minimum Gasteiger partial charge on any atom is -0.378 e. The summed E-state index contributed by atoms with van der Waals surface area (Å²) in [5.74, 6) is -0.0390. The van der Waals surface area contributed by atoms with E-state index in [0.717, 1.165) is 30.7 Å². The largest absolute Gasteiger partial charge is 0.378 e. The minimum atomic E-state index is -3.70. The summed E-state index contributed by atoms with van der Waals surface area (Å²) in [6.45, 7) is 8.20. The second kappa shape index (κ2) is 12.0. The Hall–Kier alpha value is -1.08. The van der Waals surface area contributed by atoms with Gasteiger partial charge in [-0.2, -0.15) is 4.31 Å². The summed E-state index contributed by atoms with van der Waals surface area (Å²) >= 11 is 3.39. The molecule has 0 radical (unpaired) electrons.